The van der Waals surface area contributed by atoms with Crippen LogP contribution in [0.15, 0.2) is 24.8 Å². The largest absolute Gasteiger partial charge is 0.349 e. The molecule has 0 bridgehead atoms. The predicted octanol–water partition coefficient (Wildman–Crippen LogP) is 0.582. The highest BCUT2D eigenvalue weighted by Gasteiger charge is 2.11. The summed E-state index contributed by atoms with van der Waals surface area (Å²) in [6.45, 7) is 9.45. The van der Waals surface area contributed by atoms with Crippen molar-refractivity contribution < 1.29 is 4.79 Å². The van der Waals surface area contributed by atoms with Crippen LogP contribution in [0.3, 0.4) is 0 Å². The zero-order chi connectivity index (χ0) is 9.56. The molecule has 1 amide bonds. The summed E-state index contributed by atoms with van der Waals surface area (Å²) in [6.07, 6.45) is 2.34. The summed E-state index contributed by atoms with van der Waals surface area (Å²) in [7, 11) is 0. The number of carbonyl (C=O) groups is 1. The van der Waals surface area contributed by atoms with Gasteiger partial charge in [-0.3, -0.25) is 4.79 Å². The van der Waals surface area contributed by atoms with Crippen molar-refractivity contribution in [3.63, 3.8) is 0 Å². The second-order valence-electron chi connectivity index (χ2n) is 2.54. The van der Waals surface area contributed by atoms with Gasteiger partial charge in [-0.2, -0.15) is 0 Å². The highest BCUT2D eigenvalue weighted by molar-refractivity contribution is 5.93. The fraction of sp³-hybridized carbons (Fsp3) is 0.444. The van der Waals surface area contributed by atoms with E-state index < -0.39 is 0 Å². The summed E-state index contributed by atoms with van der Waals surface area (Å²) >= 11 is 0. The summed E-state index contributed by atoms with van der Waals surface area (Å²) in [5, 5.41) is 2.61. The van der Waals surface area contributed by atoms with E-state index in [-0.39, 0.29) is 11.9 Å². The van der Waals surface area contributed by atoms with E-state index in [9.17, 15) is 4.79 Å². The van der Waals surface area contributed by atoms with Crippen LogP contribution in [0.1, 0.15) is 13.3 Å². The fourth-order valence-corrected chi connectivity index (χ4v) is 0.693. The lowest BCUT2D eigenvalue weighted by atomic mass is 10.1. The molecule has 1 atom stereocenters. The molecular weight excluding hydrogens is 152 g/mol. The van der Waals surface area contributed by atoms with Crippen LogP contribution in [-0.2, 0) is 4.79 Å². The number of hydrogen-bond donors (Lipinski definition) is 2. The molecule has 0 aromatic carbocycles. The predicted molar refractivity (Wildman–Crippen MR) is 50.6 cm³/mol. The fourth-order valence-electron chi connectivity index (χ4n) is 0.693. The van der Waals surface area contributed by atoms with Crippen LogP contribution < -0.4 is 11.1 Å². The van der Waals surface area contributed by atoms with Crippen LogP contribution in [0.4, 0.5) is 0 Å². The van der Waals surface area contributed by atoms with E-state index in [0.29, 0.717) is 12.1 Å². The molecule has 3 N–H and O–H groups in total. The first-order chi connectivity index (χ1) is 5.63. The van der Waals surface area contributed by atoms with E-state index in [1.165, 1.54) is 0 Å². The summed E-state index contributed by atoms with van der Waals surface area (Å²) in [4.78, 5) is 11.2. The Morgan fingerprint density at radius 1 is 1.75 bits per heavy atom. The van der Waals surface area contributed by atoms with Crippen molar-refractivity contribution in [3.8, 4) is 0 Å². The Bertz CT molecular complexity index is 187. The standard InChI is InChI=1S/C9H16N2O/c1-4-6-11-9(12)7(3)8(10)5-2/h4,8H,1,3,5-6,10H2,2H3,(H,11,12). The topological polar surface area (TPSA) is 55.1 Å². The minimum Gasteiger partial charge on any atom is -0.349 e. The normalized spacial score (nSPS) is 11.8. The van der Waals surface area contributed by atoms with Gasteiger partial charge in [-0.05, 0) is 6.42 Å². The Morgan fingerprint density at radius 2 is 2.33 bits per heavy atom. The van der Waals surface area contributed by atoms with Crippen LogP contribution >= 0.6 is 0 Å². The smallest absolute Gasteiger partial charge is 0.248 e. The van der Waals surface area contributed by atoms with Gasteiger partial charge in [-0.15, -0.1) is 6.58 Å². The molecule has 0 aliphatic heterocycles. The van der Waals surface area contributed by atoms with Crippen LogP contribution in [-0.4, -0.2) is 18.5 Å². The molecule has 0 aliphatic rings. The first-order valence-corrected chi connectivity index (χ1v) is 3.97. The van der Waals surface area contributed by atoms with E-state index in [2.05, 4.69) is 18.5 Å². The molecule has 0 aromatic rings. The lowest BCUT2D eigenvalue weighted by molar-refractivity contribution is -0.117. The summed E-state index contributed by atoms with van der Waals surface area (Å²) in [5.74, 6) is -0.191. The Balaban J connectivity index is 3.92. The molecule has 0 saturated carbocycles. The van der Waals surface area contributed by atoms with Gasteiger partial charge in [0.1, 0.15) is 0 Å². The Hall–Kier alpha value is -1.09. The molecule has 68 valence electrons. The molecule has 0 radical (unpaired) electrons. The van der Waals surface area contributed by atoms with Crippen molar-refractivity contribution >= 4 is 5.91 Å². The number of nitrogens with two attached hydrogens (primary N) is 1. The first kappa shape index (κ1) is 10.9. The van der Waals surface area contributed by atoms with Gasteiger partial charge < -0.3 is 11.1 Å². The molecule has 0 heterocycles. The van der Waals surface area contributed by atoms with Crippen LogP contribution in [0.5, 0.6) is 0 Å². The highest BCUT2D eigenvalue weighted by Crippen LogP contribution is 1.99. The van der Waals surface area contributed by atoms with Crippen molar-refractivity contribution in [2.45, 2.75) is 19.4 Å². The van der Waals surface area contributed by atoms with Gasteiger partial charge >= 0.3 is 0 Å². The third-order valence-corrected chi connectivity index (χ3v) is 1.59. The number of carbonyl (C=O) groups excluding carboxylic acids is 1. The maximum Gasteiger partial charge on any atom is 0.248 e. The molecule has 0 fully saturated rings. The third kappa shape index (κ3) is 3.34. The van der Waals surface area contributed by atoms with Crippen molar-refractivity contribution in [2.24, 2.45) is 5.73 Å². The minimum atomic E-state index is -0.241. The Kier molecular flexibility index (Phi) is 5.04. The second kappa shape index (κ2) is 5.55. The Morgan fingerprint density at radius 3 is 2.75 bits per heavy atom. The quantitative estimate of drug-likeness (QED) is 0.466. The van der Waals surface area contributed by atoms with Gasteiger partial charge in [0.2, 0.25) is 5.91 Å². The molecular formula is C9H16N2O. The van der Waals surface area contributed by atoms with Gasteiger partial charge in [-0.25, -0.2) is 0 Å². The molecule has 0 saturated heterocycles. The van der Waals surface area contributed by atoms with Crippen LogP contribution in [0.25, 0.3) is 0 Å². The first-order valence-electron chi connectivity index (χ1n) is 3.97. The number of amides is 1. The molecule has 3 heteroatoms. The van der Waals surface area contributed by atoms with Crippen LogP contribution in [0, 0.1) is 0 Å². The highest BCUT2D eigenvalue weighted by atomic mass is 16.1. The second-order valence-corrected chi connectivity index (χ2v) is 2.54. The van der Waals surface area contributed by atoms with E-state index >= 15 is 0 Å². The van der Waals surface area contributed by atoms with E-state index in [0.717, 1.165) is 6.42 Å². The van der Waals surface area contributed by atoms with Gasteiger partial charge in [0.15, 0.2) is 0 Å². The van der Waals surface area contributed by atoms with Crippen molar-refractivity contribution in [1.29, 1.82) is 0 Å². The zero-order valence-corrected chi connectivity index (χ0v) is 7.47. The van der Waals surface area contributed by atoms with Gasteiger partial charge in [0.05, 0.1) is 0 Å². The van der Waals surface area contributed by atoms with Gasteiger partial charge in [0, 0.05) is 18.2 Å². The lowest BCUT2D eigenvalue weighted by Gasteiger charge is -2.11. The number of hydrogen-bond acceptors (Lipinski definition) is 2. The number of rotatable bonds is 5. The third-order valence-electron chi connectivity index (χ3n) is 1.59. The molecule has 0 rings (SSSR count). The molecule has 3 nitrogen and oxygen atoms in total. The summed E-state index contributed by atoms with van der Waals surface area (Å²) in [5.41, 5.74) is 6.03. The van der Waals surface area contributed by atoms with Crippen molar-refractivity contribution in [1.82, 2.24) is 5.32 Å². The summed E-state index contributed by atoms with van der Waals surface area (Å²) < 4.78 is 0. The lowest BCUT2D eigenvalue weighted by Crippen LogP contribution is -2.33. The number of nitrogens with one attached hydrogen (secondary N) is 1. The van der Waals surface area contributed by atoms with Crippen molar-refractivity contribution in [2.75, 3.05) is 6.54 Å². The zero-order valence-electron chi connectivity index (χ0n) is 7.47. The van der Waals surface area contributed by atoms with Crippen molar-refractivity contribution in [3.05, 3.63) is 24.8 Å². The maximum atomic E-state index is 11.2. The SMILES string of the molecule is C=CCNC(=O)C(=C)C(N)CC. The average molecular weight is 168 g/mol. The molecule has 12 heavy (non-hydrogen) atoms. The van der Waals surface area contributed by atoms with Crippen LogP contribution in [0.2, 0.25) is 0 Å². The maximum absolute atomic E-state index is 11.2. The van der Waals surface area contributed by atoms with E-state index in [1.807, 2.05) is 6.92 Å². The molecule has 1 unspecified atom stereocenters. The average Bonchev–Trinajstić information content (AvgIpc) is 2.11. The molecule has 0 spiro atoms. The molecule has 0 aliphatic carbocycles. The van der Waals surface area contributed by atoms with Gasteiger partial charge in [-0.1, -0.05) is 19.6 Å². The van der Waals surface area contributed by atoms with Gasteiger partial charge in [0.25, 0.3) is 0 Å². The summed E-state index contributed by atoms with van der Waals surface area (Å²) in [6, 6.07) is -0.241. The Labute approximate surface area is 73.3 Å². The minimum absolute atomic E-state index is 0.191. The van der Waals surface area contributed by atoms with E-state index in [4.69, 9.17) is 5.73 Å². The van der Waals surface area contributed by atoms with E-state index in [1.54, 1.807) is 6.08 Å². The molecule has 0 aromatic heterocycles. The monoisotopic (exact) mass is 168 g/mol.